The van der Waals surface area contributed by atoms with Gasteiger partial charge in [-0.2, -0.15) is 0 Å². The van der Waals surface area contributed by atoms with Crippen molar-refractivity contribution < 1.29 is 0 Å². The molecule has 0 spiro atoms. The van der Waals surface area contributed by atoms with Gasteiger partial charge in [-0.25, -0.2) is 15.0 Å². The van der Waals surface area contributed by atoms with E-state index >= 15 is 0 Å². The first-order chi connectivity index (χ1) is 33.1. The minimum Gasteiger partial charge on any atom is -0.289 e. The highest BCUT2D eigenvalue weighted by Gasteiger charge is 2.34. The minimum absolute atomic E-state index is 0.548. The maximum Gasteiger partial charge on any atom is 0.164 e. The first kappa shape index (κ1) is 41.4. The second-order valence-corrected chi connectivity index (χ2v) is 17.2. The van der Waals surface area contributed by atoms with Crippen molar-refractivity contribution in [2.75, 3.05) is 7.05 Å². The molecule has 10 aromatic rings. The molecule has 1 aromatic heterocycles. The standard InChI is InChI=1S/C63H48N4/c1-64-62(50-16-5-3-6-17-50)67-63(65-2,54-19-7-4-8-20-54)55-40-52(39-53(41-55)46-31-35-49(36-32-46)61-38-37-48-15-10-14-24-60(48)66-61)45-27-25-43(26-28-45)44-29-33-47(34-30-44)59-42-51-18-9-11-21-56(51)57-22-12-13-23-58(57)59/h3-9,11-14,16-42,65H,1,10,15H2,2H3/b67-62-. The van der Waals surface area contributed by atoms with E-state index in [1.807, 2.05) is 43.4 Å². The van der Waals surface area contributed by atoms with Crippen molar-refractivity contribution >= 4 is 40.2 Å². The van der Waals surface area contributed by atoms with Crippen molar-refractivity contribution in [1.82, 2.24) is 10.3 Å². The van der Waals surface area contributed by atoms with Gasteiger partial charge < -0.3 is 0 Å². The van der Waals surface area contributed by atoms with E-state index in [0.717, 1.165) is 79.9 Å². The molecule has 4 nitrogen and oxygen atoms in total. The largest absolute Gasteiger partial charge is 0.289 e. The lowest BCUT2D eigenvalue weighted by molar-refractivity contribution is 0.461. The van der Waals surface area contributed by atoms with Gasteiger partial charge in [-0.15, -0.1) is 0 Å². The third kappa shape index (κ3) is 7.98. The van der Waals surface area contributed by atoms with E-state index in [2.05, 4.69) is 211 Å². The predicted octanol–water partition coefficient (Wildman–Crippen LogP) is 15.3. The van der Waals surface area contributed by atoms with E-state index in [1.54, 1.807) is 0 Å². The van der Waals surface area contributed by atoms with Crippen molar-refractivity contribution in [3.8, 4) is 55.8 Å². The smallest absolute Gasteiger partial charge is 0.164 e. The van der Waals surface area contributed by atoms with E-state index in [9.17, 15) is 0 Å². The highest BCUT2D eigenvalue weighted by Crippen LogP contribution is 2.40. The Morgan fingerprint density at radius 2 is 1.06 bits per heavy atom. The number of hydrogen-bond acceptors (Lipinski definition) is 3. The normalized spacial score (nSPS) is 13.3. The Morgan fingerprint density at radius 1 is 0.507 bits per heavy atom. The molecule has 0 amide bonds. The summed E-state index contributed by atoms with van der Waals surface area (Å²) in [6, 6.07) is 78.0. The lowest BCUT2D eigenvalue weighted by Gasteiger charge is -2.32. The van der Waals surface area contributed by atoms with Crippen LogP contribution in [0.15, 0.2) is 234 Å². The number of allylic oxidation sites excluding steroid dienone is 1. The molecular weight excluding hydrogens is 813 g/mol. The number of benzene rings is 9. The molecule has 11 rings (SSSR count). The number of rotatable bonds is 10. The molecule has 0 saturated carbocycles. The Kier molecular flexibility index (Phi) is 11.1. The van der Waals surface area contributed by atoms with Crippen LogP contribution in [0.3, 0.4) is 0 Å². The Labute approximate surface area is 392 Å². The number of nitrogens with zero attached hydrogens (tertiary/aromatic N) is 3. The maximum absolute atomic E-state index is 5.49. The lowest BCUT2D eigenvalue weighted by Crippen LogP contribution is -2.40. The summed E-state index contributed by atoms with van der Waals surface area (Å²) in [6.45, 7) is 3.99. The molecule has 9 aromatic carbocycles. The number of aliphatic imine (C=N–C) groups is 2. The molecular formula is C63H48N4. The molecule has 1 aliphatic rings. The van der Waals surface area contributed by atoms with Gasteiger partial charge in [0, 0.05) is 11.1 Å². The Bertz CT molecular complexity index is 3480. The van der Waals surface area contributed by atoms with Crippen LogP contribution >= 0.6 is 0 Å². The summed E-state index contributed by atoms with van der Waals surface area (Å²) < 4.78 is 0. The van der Waals surface area contributed by atoms with Crippen LogP contribution in [0.5, 0.6) is 0 Å². The van der Waals surface area contributed by atoms with Crippen molar-refractivity contribution in [3.63, 3.8) is 0 Å². The topological polar surface area (TPSA) is 49.6 Å². The van der Waals surface area contributed by atoms with E-state index in [0.29, 0.717) is 5.84 Å². The zero-order valence-corrected chi connectivity index (χ0v) is 37.4. The highest BCUT2D eigenvalue weighted by molar-refractivity contribution is 6.13. The van der Waals surface area contributed by atoms with E-state index < -0.39 is 5.66 Å². The van der Waals surface area contributed by atoms with Crippen LogP contribution in [0, 0.1) is 0 Å². The Balaban J connectivity index is 1.00. The summed E-state index contributed by atoms with van der Waals surface area (Å²) in [5.41, 5.74) is 15.3. The highest BCUT2D eigenvalue weighted by atomic mass is 15.2. The number of hydrogen-bond donors (Lipinski definition) is 1. The number of nitrogens with one attached hydrogen (secondary N) is 1. The Morgan fingerprint density at radius 3 is 1.70 bits per heavy atom. The molecule has 1 N–H and O–H groups in total. The van der Waals surface area contributed by atoms with Gasteiger partial charge in [0.15, 0.2) is 11.5 Å². The number of aryl methyl sites for hydroxylation is 1. The van der Waals surface area contributed by atoms with Crippen molar-refractivity contribution in [1.29, 1.82) is 0 Å². The number of aromatic nitrogens is 1. The van der Waals surface area contributed by atoms with Crippen LogP contribution in [0.25, 0.3) is 83.4 Å². The average molecular weight is 861 g/mol. The fraction of sp³-hybridized carbons (Fsp3) is 0.0635. The van der Waals surface area contributed by atoms with Gasteiger partial charge in [0.2, 0.25) is 0 Å². The molecule has 0 bridgehead atoms. The fourth-order valence-corrected chi connectivity index (χ4v) is 9.70. The predicted molar refractivity (Wildman–Crippen MR) is 283 cm³/mol. The molecule has 1 unspecified atom stereocenters. The summed E-state index contributed by atoms with van der Waals surface area (Å²) in [7, 11) is 1.96. The molecule has 0 aliphatic heterocycles. The van der Waals surface area contributed by atoms with Gasteiger partial charge in [0.25, 0.3) is 0 Å². The van der Waals surface area contributed by atoms with Crippen LogP contribution < -0.4 is 5.32 Å². The summed E-state index contributed by atoms with van der Waals surface area (Å²) in [6.07, 6.45) is 6.46. The summed E-state index contributed by atoms with van der Waals surface area (Å²) in [5.74, 6) is 0.548. The summed E-state index contributed by atoms with van der Waals surface area (Å²) >= 11 is 0. The van der Waals surface area contributed by atoms with E-state index in [1.165, 1.54) is 38.2 Å². The summed E-state index contributed by atoms with van der Waals surface area (Å²) in [4.78, 5) is 15.0. The van der Waals surface area contributed by atoms with E-state index in [4.69, 9.17) is 9.98 Å². The molecule has 1 atom stereocenters. The summed E-state index contributed by atoms with van der Waals surface area (Å²) in [5, 5.41) is 8.73. The van der Waals surface area contributed by atoms with Crippen LogP contribution in [0.1, 0.15) is 34.4 Å². The first-order valence-corrected chi connectivity index (χ1v) is 23.0. The average Bonchev–Trinajstić information content (AvgIpc) is 3.41. The molecule has 0 saturated heterocycles. The lowest BCUT2D eigenvalue weighted by atomic mass is 9.86. The third-order valence-corrected chi connectivity index (χ3v) is 13.3. The fourth-order valence-electron chi connectivity index (χ4n) is 9.70. The SMILES string of the molecule is C=N/C(=N\C(NC)(c1ccccc1)c1cc(-c2ccc(-c3ccc(-c4cc5ccccc5c5ccccc45)cc3)cc2)cc(-c2ccc(-c3ccc4c(n3)C=CCC4)cc2)c1)c1ccccc1. The third-order valence-electron chi connectivity index (χ3n) is 13.3. The zero-order valence-electron chi connectivity index (χ0n) is 37.4. The number of amidine groups is 1. The molecule has 1 aliphatic carbocycles. The van der Waals surface area contributed by atoms with Gasteiger partial charge >= 0.3 is 0 Å². The number of fused-ring (bicyclic) bond motifs is 4. The monoisotopic (exact) mass is 860 g/mol. The second kappa shape index (κ2) is 17.9. The Hall–Kier alpha value is -8.31. The van der Waals surface area contributed by atoms with Gasteiger partial charge in [-0.3, -0.25) is 5.32 Å². The van der Waals surface area contributed by atoms with Crippen LogP contribution in [-0.2, 0) is 12.1 Å². The molecule has 0 radical (unpaired) electrons. The van der Waals surface area contributed by atoms with Crippen LogP contribution in [-0.4, -0.2) is 24.6 Å². The molecule has 1 heterocycles. The first-order valence-electron chi connectivity index (χ1n) is 23.0. The second-order valence-electron chi connectivity index (χ2n) is 17.2. The van der Waals surface area contributed by atoms with Crippen LogP contribution in [0.2, 0.25) is 0 Å². The molecule has 4 heteroatoms. The maximum atomic E-state index is 5.49. The van der Waals surface area contributed by atoms with Crippen molar-refractivity contribution in [3.05, 3.63) is 252 Å². The van der Waals surface area contributed by atoms with Gasteiger partial charge in [0.05, 0.1) is 11.4 Å². The van der Waals surface area contributed by atoms with Gasteiger partial charge in [0.1, 0.15) is 0 Å². The quantitative estimate of drug-likeness (QED) is 0.0846. The van der Waals surface area contributed by atoms with Gasteiger partial charge in [-0.1, -0.05) is 194 Å². The van der Waals surface area contributed by atoms with Gasteiger partial charge in [-0.05, 0) is 146 Å². The molecule has 320 valence electrons. The minimum atomic E-state index is -1.02. The van der Waals surface area contributed by atoms with Crippen molar-refractivity contribution in [2.24, 2.45) is 9.98 Å². The molecule has 67 heavy (non-hydrogen) atoms. The zero-order chi connectivity index (χ0) is 45.2. The number of pyridine rings is 1. The van der Waals surface area contributed by atoms with E-state index in [-0.39, 0.29) is 0 Å². The van der Waals surface area contributed by atoms with Crippen LogP contribution in [0.4, 0.5) is 0 Å². The van der Waals surface area contributed by atoms with Crippen molar-refractivity contribution in [2.45, 2.75) is 18.5 Å². The molecule has 0 fully saturated rings.